The van der Waals surface area contributed by atoms with Gasteiger partial charge in [-0.1, -0.05) is 6.07 Å². The molecule has 0 aromatic carbocycles. The largest absolute Gasteiger partial charge is 0.462 e. The third-order valence-corrected chi connectivity index (χ3v) is 2.95. The molecule has 2 aromatic rings. The minimum atomic E-state index is -0.437. The molecule has 0 saturated carbocycles. The SMILES string of the molecule is CCOC(=O)c1cc(N(C)Cc2cccnc2)ncc1N. The number of nitrogen functional groups attached to an aromatic ring is 1. The molecular weight excluding hydrogens is 268 g/mol. The minimum absolute atomic E-state index is 0.307. The van der Waals surface area contributed by atoms with Gasteiger partial charge in [0.15, 0.2) is 0 Å². The molecule has 6 heteroatoms. The molecule has 0 aliphatic carbocycles. The number of ether oxygens (including phenoxy) is 1. The highest BCUT2D eigenvalue weighted by Crippen LogP contribution is 2.19. The highest BCUT2D eigenvalue weighted by Gasteiger charge is 2.14. The lowest BCUT2D eigenvalue weighted by molar-refractivity contribution is 0.0527. The predicted octanol–water partition coefficient (Wildman–Crippen LogP) is 1.87. The molecule has 0 bridgehead atoms. The molecule has 2 aromatic heterocycles. The van der Waals surface area contributed by atoms with E-state index in [9.17, 15) is 4.79 Å². The Balaban J connectivity index is 2.20. The molecular formula is C15H18N4O2. The monoisotopic (exact) mass is 286 g/mol. The summed E-state index contributed by atoms with van der Waals surface area (Å²) in [5.74, 6) is 0.213. The fourth-order valence-electron chi connectivity index (χ4n) is 1.90. The average molecular weight is 286 g/mol. The third kappa shape index (κ3) is 3.68. The molecule has 0 spiro atoms. The van der Waals surface area contributed by atoms with Crippen molar-refractivity contribution >= 4 is 17.5 Å². The van der Waals surface area contributed by atoms with Crippen molar-refractivity contribution in [2.75, 3.05) is 24.3 Å². The number of esters is 1. The number of aromatic nitrogens is 2. The molecule has 0 aliphatic rings. The molecule has 6 nitrogen and oxygen atoms in total. The number of hydrogen-bond acceptors (Lipinski definition) is 6. The summed E-state index contributed by atoms with van der Waals surface area (Å²) in [5.41, 5.74) is 7.48. The number of carbonyl (C=O) groups is 1. The van der Waals surface area contributed by atoms with Crippen LogP contribution in [0.15, 0.2) is 36.8 Å². The number of nitrogens with two attached hydrogens (primary N) is 1. The number of carbonyl (C=O) groups excluding carboxylic acids is 1. The van der Waals surface area contributed by atoms with Gasteiger partial charge in [0.2, 0.25) is 0 Å². The van der Waals surface area contributed by atoms with E-state index in [2.05, 4.69) is 9.97 Å². The molecule has 110 valence electrons. The lowest BCUT2D eigenvalue weighted by atomic mass is 10.2. The van der Waals surface area contributed by atoms with Crippen molar-refractivity contribution in [2.45, 2.75) is 13.5 Å². The number of nitrogens with zero attached hydrogens (tertiary/aromatic N) is 3. The zero-order valence-corrected chi connectivity index (χ0v) is 12.1. The Morgan fingerprint density at radius 1 is 1.43 bits per heavy atom. The summed E-state index contributed by atoms with van der Waals surface area (Å²) < 4.78 is 4.99. The van der Waals surface area contributed by atoms with Crippen LogP contribution in [0.25, 0.3) is 0 Å². The van der Waals surface area contributed by atoms with Crippen molar-refractivity contribution < 1.29 is 9.53 Å². The molecule has 0 unspecified atom stereocenters. The Morgan fingerprint density at radius 3 is 2.90 bits per heavy atom. The number of pyridine rings is 2. The first-order valence-electron chi connectivity index (χ1n) is 6.64. The first kappa shape index (κ1) is 14.8. The fourth-order valence-corrected chi connectivity index (χ4v) is 1.90. The Kier molecular flexibility index (Phi) is 4.71. The van der Waals surface area contributed by atoms with E-state index >= 15 is 0 Å². The van der Waals surface area contributed by atoms with Gasteiger partial charge in [-0.15, -0.1) is 0 Å². The average Bonchev–Trinajstić information content (AvgIpc) is 2.48. The normalized spacial score (nSPS) is 10.2. The summed E-state index contributed by atoms with van der Waals surface area (Å²) >= 11 is 0. The standard InChI is InChI=1S/C15H18N4O2/c1-3-21-15(20)12-7-14(18-9-13(12)16)19(2)10-11-5-4-6-17-8-11/h4-9H,3,10,16H2,1-2H3. The van der Waals surface area contributed by atoms with Gasteiger partial charge in [-0.25, -0.2) is 9.78 Å². The van der Waals surface area contributed by atoms with Crippen LogP contribution in [0.5, 0.6) is 0 Å². The fraction of sp³-hybridized carbons (Fsp3) is 0.267. The number of rotatable bonds is 5. The summed E-state index contributed by atoms with van der Waals surface area (Å²) in [5, 5.41) is 0. The van der Waals surface area contributed by atoms with Crippen LogP contribution >= 0.6 is 0 Å². The van der Waals surface area contributed by atoms with Crippen molar-refractivity contribution in [2.24, 2.45) is 0 Å². The molecule has 0 fully saturated rings. The van der Waals surface area contributed by atoms with Gasteiger partial charge in [0.05, 0.1) is 24.1 Å². The van der Waals surface area contributed by atoms with Crippen LogP contribution in [-0.2, 0) is 11.3 Å². The summed E-state index contributed by atoms with van der Waals surface area (Å²) in [4.78, 5) is 22.1. The number of hydrogen-bond donors (Lipinski definition) is 1. The molecule has 21 heavy (non-hydrogen) atoms. The summed E-state index contributed by atoms with van der Waals surface area (Å²) in [6.07, 6.45) is 4.99. The van der Waals surface area contributed by atoms with Crippen LogP contribution in [0.3, 0.4) is 0 Å². The lowest BCUT2D eigenvalue weighted by Gasteiger charge is -2.19. The van der Waals surface area contributed by atoms with Gasteiger partial charge in [-0.2, -0.15) is 0 Å². The maximum absolute atomic E-state index is 11.8. The lowest BCUT2D eigenvalue weighted by Crippen LogP contribution is -2.19. The van der Waals surface area contributed by atoms with Gasteiger partial charge in [-0.3, -0.25) is 4.98 Å². The first-order chi connectivity index (χ1) is 10.1. The van der Waals surface area contributed by atoms with Crippen molar-refractivity contribution in [3.8, 4) is 0 Å². The van der Waals surface area contributed by atoms with E-state index in [0.717, 1.165) is 5.56 Å². The van der Waals surface area contributed by atoms with Crippen LogP contribution in [0, 0.1) is 0 Å². The summed E-state index contributed by atoms with van der Waals surface area (Å²) in [6, 6.07) is 5.50. The van der Waals surface area contributed by atoms with Gasteiger partial charge >= 0.3 is 5.97 Å². The van der Waals surface area contributed by atoms with E-state index in [1.54, 1.807) is 25.4 Å². The van der Waals surface area contributed by atoms with Crippen molar-refractivity contribution in [3.05, 3.63) is 47.9 Å². The highest BCUT2D eigenvalue weighted by molar-refractivity contribution is 5.95. The van der Waals surface area contributed by atoms with Crippen molar-refractivity contribution in [3.63, 3.8) is 0 Å². The molecule has 2 heterocycles. The Bertz CT molecular complexity index is 616. The van der Waals surface area contributed by atoms with Crippen molar-refractivity contribution in [1.29, 1.82) is 0 Å². The molecule has 0 atom stereocenters. The second-order valence-corrected chi connectivity index (χ2v) is 4.57. The zero-order chi connectivity index (χ0) is 15.2. The van der Waals surface area contributed by atoms with Gasteiger partial charge in [0, 0.05) is 26.0 Å². The number of anilines is 2. The maximum atomic E-state index is 11.8. The van der Waals surface area contributed by atoms with Crippen LogP contribution in [0.1, 0.15) is 22.8 Å². The second-order valence-electron chi connectivity index (χ2n) is 4.57. The van der Waals surface area contributed by atoms with Gasteiger partial charge in [-0.05, 0) is 24.6 Å². The van der Waals surface area contributed by atoms with Gasteiger partial charge in [0.25, 0.3) is 0 Å². The molecule has 0 aliphatic heterocycles. The van der Waals surface area contributed by atoms with E-state index in [0.29, 0.717) is 30.2 Å². The van der Waals surface area contributed by atoms with Crippen LogP contribution < -0.4 is 10.6 Å². The van der Waals surface area contributed by atoms with E-state index in [1.807, 2.05) is 24.1 Å². The van der Waals surface area contributed by atoms with Crippen molar-refractivity contribution in [1.82, 2.24) is 9.97 Å². The Morgan fingerprint density at radius 2 is 2.24 bits per heavy atom. The van der Waals surface area contributed by atoms with Gasteiger partial charge < -0.3 is 15.4 Å². The molecule has 0 amide bonds. The second kappa shape index (κ2) is 6.69. The quantitative estimate of drug-likeness (QED) is 0.845. The molecule has 0 saturated heterocycles. The third-order valence-electron chi connectivity index (χ3n) is 2.95. The van der Waals surface area contributed by atoms with E-state index in [1.165, 1.54) is 6.20 Å². The van der Waals surface area contributed by atoms with E-state index < -0.39 is 5.97 Å². The summed E-state index contributed by atoms with van der Waals surface area (Å²) in [7, 11) is 1.89. The smallest absolute Gasteiger partial charge is 0.340 e. The van der Waals surface area contributed by atoms with Crippen LogP contribution in [0.4, 0.5) is 11.5 Å². The van der Waals surface area contributed by atoms with E-state index in [4.69, 9.17) is 10.5 Å². The zero-order valence-electron chi connectivity index (χ0n) is 12.1. The molecule has 2 rings (SSSR count). The van der Waals surface area contributed by atoms with Crippen LogP contribution in [-0.4, -0.2) is 29.6 Å². The Labute approximate surface area is 123 Å². The maximum Gasteiger partial charge on any atom is 0.340 e. The predicted molar refractivity (Wildman–Crippen MR) is 80.9 cm³/mol. The van der Waals surface area contributed by atoms with Crippen LogP contribution in [0.2, 0.25) is 0 Å². The minimum Gasteiger partial charge on any atom is -0.462 e. The van der Waals surface area contributed by atoms with Gasteiger partial charge in [0.1, 0.15) is 5.82 Å². The molecule has 2 N–H and O–H groups in total. The molecule has 0 radical (unpaired) electrons. The van der Waals surface area contributed by atoms with E-state index in [-0.39, 0.29) is 0 Å². The highest BCUT2D eigenvalue weighted by atomic mass is 16.5. The Hall–Kier alpha value is -2.63. The first-order valence-corrected chi connectivity index (χ1v) is 6.64. The summed E-state index contributed by atoms with van der Waals surface area (Å²) in [6.45, 7) is 2.69. The topological polar surface area (TPSA) is 81.3 Å².